The van der Waals surface area contributed by atoms with E-state index in [1.807, 2.05) is 30.5 Å². The van der Waals surface area contributed by atoms with Crippen LogP contribution in [0.5, 0.6) is 0 Å². The average molecular weight is 439 g/mol. The minimum Gasteiger partial charge on any atom is -0.352 e. The summed E-state index contributed by atoms with van der Waals surface area (Å²) in [5.74, 6) is 0. The third-order valence-corrected chi connectivity index (χ3v) is 6.45. The molecule has 4 rings (SSSR count). The Morgan fingerprint density at radius 3 is 2.63 bits per heavy atom. The molecule has 30 heavy (non-hydrogen) atoms. The lowest BCUT2D eigenvalue weighted by Crippen LogP contribution is -2.30. The lowest BCUT2D eigenvalue weighted by Gasteiger charge is -2.28. The molecule has 156 valence electrons. The highest BCUT2D eigenvalue weighted by Gasteiger charge is 2.41. The van der Waals surface area contributed by atoms with Gasteiger partial charge in [0.15, 0.2) is 5.11 Å². The smallest absolute Gasteiger partial charge is 0.170 e. The van der Waals surface area contributed by atoms with Crippen LogP contribution in [0.15, 0.2) is 48.7 Å². The first kappa shape index (κ1) is 20.9. The van der Waals surface area contributed by atoms with E-state index in [2.05, 4.69) is 65.7 Å². The van der Waals surface area contributed by atoms with Crippen LogP contribution in [0.1, 0.15) is 53.6 Å². The Morgan fingerprint density at radius 1 is 1.13 bits per heavy atom. The predicted octanol–water partition coefficient (Wildman–Crippen LogP) is 5.83. The van der Waals surface area contributed by atoms with Crippen molar-refractivity contribution >= 4 is 28.9 Å². The number of hydrogen-bond donors (Lipinski definition) is 1. The molecule has 0 saturated carbocycles. The van der Waals surface area contributed by atoms with E-state index < -0.39 is 0 Å². The molecule has 4 nitrogen and oxygen atoms in total. The van der Waals surface area contributed by atoms with E-state index in [1.54, 1.807) is 0 Å². The maximum atomic E-state index is 6.34. The van der Waals surface area contributed by atoms with Crippen LogP contribution in [0, 0.1) is 20.8 Å². The molecule has 0 radical (unpaired) electrons. The maximum Gasteiger partial charge on any atom is 0.170 e. The fraction of sp³-hybridized carbons (Fsp3) is 0.333. The standard InChI is InChI=1S/C24H27ClN4S/c1-5-12-28-23(22(27-24(28)30)20-8-6-7-11-26-20)19-13-16(3)29(17(19)4)21-14-18(25)10-9-15(21)2/h6-11,13-14,22-23H,5,12H2,1-4H3,(H,27,30)/t22-,23+/m1/s1. The largest absolute Gasteiger partial charge is 0.352 e. The van der Waals surface area contributed by atoms with Crippen LogP contribution < -0.4 is 5.32 Å². The molecule has 1 aromatic carbocycles. The second kappa shape index (κ2) is 8.40. The molecule has 0 aliphatic carbocycles. The van der Waals surface area contributed by atoms with Crippen LogP contribution >= 0.6 is 23.8 Å². The van der Waals surface area contributed by atoms with E-state index in [1.165, 1.54) is 22.5 Å². The highest BCUT2D eigenvalue weighted by atomic mass is 35.5. The number of pyridine rings is 1. The zero-order chi connectivity index (χ0) is 21.4. The molecule has 0 unspecified atom stereocenters. The molecular weight excluding hydrogens is 412 g/mol. The lowest BCUT2D eigenvalue weighted by molar-refractivity contribution is 0.316. The minimum atomic E-state index is 0.0136. The highest BCUT2D eigenvalue weighted by Crippen LogP contribution is 2.41. The maximum absolute atomic E-state index is 6.34. The summed E-state index contributed by atoms with van der Waals surface area (Å²) in [6.45, 7) is 9.55. The Hall–Kier alpha value is -2.37. The molecule has 2 aromatic heterocycles. The van der Waals surface area contributed by atoms with Gasteiger partial charge in [0.05, 0.1) is 17.8 Å². The lowest BCUT2D eigenvalue weighted by atomic mass is 9.96. The van der Waals surface area contributed by atoms with Crippen molar-refractivity contribution in [1.82, 2.24) is 19.8 Å². The second-order valence-electron chi connectivity index (χ2n) is 7.91. The second-order valence-corrected chi connectivity index (χ2v) is 8.74. The third kappa shape index (κ3) is 3.61. The first-order valence-corrected chi connectivity index (χ1v) is 11.1. The van der Waals surface area contributed by atoms with Gasteiger partial charge in [0.1, 0.15) is 0 Å². The highest BCUT2D eigenvalue weighted by molar-refractivity contribution is 7.80. The minimum absolute atomic E-state index is 0.0136. The topological polar surface area (TPSA) is 33.1 Å². The van der Waals surface area contributed by atoms with Gasteiger partial charge in [-0.25, -0.2) is 0 Å². The van der Waals surface area contributed by atoms with Gasteiger partial charge in [-0.1, -0.05) is 30.7 Å². The number of aryl methyl sites for hydroxylation is 2. The van der Waals surface area contributed by atoms with Crippen LogP contribution in [0.4, 0.5) is 0 Å². The summed E-state index contributed by atoms with van der Waals surface area (Å²) < 4.78 is 2.30. The molecule has 0 bridgehead atoms. The number of aromatic nitrogens is 2. The van der Waals surface area contributed by atoms with Gasteiger partial charge in [0.2, 0.25) is 0 Å². The van der Waals surface area contributed by atoms with E-state index in [4.69, 9.17) is 23.8 Å². The van der Waals surface area contributed by atoms with Crippen LogP contribution in [0.3, 0.4) is 0 Å². The number of thiocarbonyl (C=S) groups is 1. The Balaban J connectivity index is 1.86. The first-order chi connectivity index (χ1) is 14.4. The van der Waals surface area contributed by atoms with Gasteiger partial charge in [0, 0.05) is 34.8 Å². The molecule has 3 heterocycles. The molecule has 1 aliphatic heterocycles. The van der Waals surface area contributed by atoms with Crippen LogP contribution in [-0.2, 0) is 0 Å². The molecule has 0 spiro atoms. The molecule has 2 atom stereocenters. The summed E-state index contributed by atoms with van der Waals surface area (Å²) >= 11 is 12.1. The van der Waals surface area contributed by atoms with E-state index >= 15 is 0 Å². The molecule has 0 amide bonds. The number of hydrogen-bond acceptors (Lipinski definition) is 2. The van der Waals surface area contributed by atoms with Crippen molar-refractivity contribution in [1.29, 1.82) is 0 Å². The fourth-order valence-corrected chi connectivity index (χ4v) is 5.01. The van der Waals surface area contributed by atoms with E-state index in [9.17, 15) is 0 Å². The van der Waals surface area contributed by atoms with Gasteiger partial charge in [-0.3, -0.25) is 4.98 Å². The summed E-state index contributed by atoms with van der Waals surface area (Å²) in [6, 6.07) is 14.5. The first-order valence-electron chi connectivity index (χ1n) is 10.4. The summed E-state index contributed by atoms with van der Waals surface area (Å²) in [7, 11) is 0. The summed E-state index contributed by atoms with van der Waals surface area (Å²) in [4.78, 5) is 6.95. The average Bonchev–Trinajstić information content (AvgIpc) is 3.21. The number of nitrogens with one attached hydrogen (secondary N) is 1. The molecule has 1 aliphatic rings. The van der Waals surface area contributed by atoms with Crippen molar-refractivity contribution in [2.45, 2.75) is 46.2 Å². The Labute approximate surface area is 188 Å². The number of halogens is 1. The Morgan fingerprint density at radius 2 is 1.93 bits per heavy atom. The summed E-state index contributed by atoms with van der Waals surface area (Å²) in [6.07, 6.45) is 2.87. The van der Waals surface area contributed by atoms with Crippen molar-refractivity contribution in [2.75, 3.05) is 6.54 Å². The van der Waals surface area contributed by atoms with E-state index in [0.717, 1.165) is 34.5 Å². The molecule has 6 heteroatoms. The van der Waals surface area contributed by atoms with Crippen LogP contribution in [0.25, 0.3) is 5.69 Å². The van der Waals surface area contributed by atoms with Crippen LogP contribution in [0.2, 0.25) is 5.02 Å². The summed E-state index contributed by atoms with van der Waals surface area (Å²) in [5, 5.41) is 5.07. The van der Waals surface area contributed by atoms with Gasteiger partial charge in [0.25, 0.3) is 0 Å². The monoisotopic (exact) mass is 438 g/mol. The molecule has 1 saturated heterocycles. The van der Waals surface area contributed by atoms with Crippen molar-refractivity contribution in [3.63, 3.8) is 0 Å². The van der Waals surface area contributed by atoms with Crippen LogP contribution in [-0.4, -0.2) is 26.1 Å². The molecule has 1 N–H and O–H groups in total. The Bertz CT molecular complexity index is 1080. The number of benzene rings is 1. The zero-order valence-corrected chi connectivity index (χ0v) is 19.4. The van der Waals surface area contributed by atoms with Gasteiger partial charge < -0.3 is 14.8 Å². The Kier molecular flexibility index (Phi) is 5.85. The van der Waals surface area contributed by atoms with Gasteiger partial charge >= 0.3 is 0 Å². The fourth-order valence-electron chi connectivity index (χ4n) is 4.51. The third-order valence-electron chi connectivity index (χ3n) is 5.86. The van der Waals surface area contributed by atoms with Gasteiger partial charge in [-0.15, -0.1) is 0 Å². The summed E-state index contributed by atoms with van der Waals surface area (Å²) in [5.41, 5.74) is 6.97. The predicted molar refractivity (Wildman–Crippen MR) is 127 cm³/mol. The normalized spacial score (nSPS) is 18.7. The molecule has 1 fully saturated rings. The van der Waals surface area contributed by atoms with Gasteiger partial charge in [-0.2, -0.15) is 0 Å². The van der Waals surface area contributed by atoms with Crippen molar-refractivity contribution in [3.05, 3.63) is 81.9 Å². The van der Waals surface area contributed by atoms with Crippen molar-refractivity contribution in [2.24, 2.45) is 0 Å². The number of nitrogens with zero attached hydrogens (tertiary/aromatic N) is 3. The quantitative estimate of drug-likeness (QED) is 0.508. The molecule has 3 aromatic rings. The zero-order valence-electron chi connectivity index (χ0n) is 17.8. The van der Waals surface area contributed by atoms with E-state index in [0.29, 0.717) is 0 Å². The van der Waals surface area contributed by atoms with Gasteiger partial charge in [-0.05, 0) is 80.9 Å². The molecular formula is C24H27ClN4S. The number of rotatable bonds is 5. The van der Waals surface area contributed by atoms with E-state index in [-0.39, 0.29) is 12.1 Å². The SMILES string of the molecule is CCCN1C(=S)N[C@H](c2ccccn2)[C@@H]1c1cc(C)n(-c2cc(Cl)ccc2C)c1C. The van der Waals surface area contributed by atoms with Crippen molar-refractivity contribution < 1.29 is 0 Å². The van der Waals surface area contributed by atoms with Crippen molar-refractivity contribution in [3.8, 4) is 5.69 Å².